The molecule has 9 aliphatic rings. The molecule has 3 aromatic heterocycles. The van der Waals surface area contributed by atoms with Crippen LogP contribution in [0.4, 0.5) is 17.1 Å². The number of anilines is 3. The van der Waals surface area contributed by atoms with Gasteiger partial charge in [0, 0.05) is 55.7 Å². The quantitative estimate of drug-likeness (QED) is 0.0424. The standard InChI is InChI=1S/C130H59N7O10/c1-5-144-125(140)119-113-114(124(139)137(123(113)138)46-26-24-43(25-27-46)58-53-38-36-51(133-53)56(41-20-14-10-15-21-41)49-34-32-47(131-49)55(40-18-12-9-13-19-40)48-33-35-50(132-48)57(42-22-16-11-17-23-42)52-37-39-54(58)134-52)120(126(141)145-6-2)135(119)44-28-30-45(31-29-44)136-121(127(142)146-7-3)129-115-105-97-87-77-69-61-59-60-63-67-65(61)73-81-75(67)85-79-71(63)72-64(60)68-66-62(59)70(69)78-84-74(66)82-76(68)86-80(72)90-89(79)99-93(85)103-95(81)101(91(97)83(73)77)109(115)111(103)117-107(99)108-100(90)94(86)104-96(82)102-92(84)98(88(78)87)106(105)116(129)110(102)112(104)118(108)130(117,129)122(136)128(143)147-8-4/h9-39,113-114,119-122,131,134H,5-8H2,1-4H3/t113?,114?,119?,120?,121-,122-,129?,130?/m1/s1. The fourth-order valence-electron chi connectivity index (χ4n) is 37.5. The Labute approximate surface area is 821 Å². The molecule has 45 rings (SSSR count). The number of aromatic nitrogens is 4. The Balaban J connectivity index is 0.508. The molecule has 8 heterocycles. The summed E-state index contributed by atoms with van der Waals surface area (Å²) in [7, 11) is 0. The average Bonchev–Trinajstić information content (AvgIpc) is 1.37. The summed E-state index contributed by atoms with van der Waals surface area (Å²) in [5, 5.41) is 74.2. The number of rotatable bonds is 15. The second-order valence-electron chi connectivity index (χ2n) is 44.6. The van der Waals surface area contributed by atoms with Crippen LogP contribution in [0, 0.1) is 11.8 Å². The molecule has 4 aliphatic carbocycles. The Kier molecular flexibility index (Phi) is 10.2. The highest BCUT2D eigenvalue weighted by molar-refractivity contribution is 6.83. The largest absolute Gasteiger partial charge is 0.464 e. The SMILES string of the molecule is CCOC(=O)C1C2C(=O)N(c3ccc(-c4c5nc(c(-c6ccccc6)c6ccc([nH]6)c(-c6ccccc6)c6nc(c(-c7ccccc7)c7ccc4[nH]7)C=C6)C=C5)cc3)C(=O)C2C(C(=O)OCC)N1c1ccc(N2[C@H](C(=O)OCC)C34c5c6c7c8c9c%10c(c%11c%12c3c3c5c5c%13c6c6c7c7c9c9c%14c%10c%10c%11c%11c%12c%12c3c3c5c5c%13c%13c6c6c7c9c7c9c%14c%10c%10c%11c%11c%12c3c3c5c5c%13c6c7c6c9c%10c%11c3c56)C84[C@H]2C(=O)OCC)cc1. The summed E-state index contributed by atoms with van der Waals surface area (Å²) in [6.07, 6.45) is 8.24. The molecule has 3 fully saturated rings. The van der Waals surface area contributed by atoms with Crippen molar-refractivity contribution in [2.75, 3.05) is 41.1 Å². The number of fused-ring (bicyclic) bond motifs is 9. The normalized spacial score (nSPS) is 21.0. The van der Waals surface area contributed by atoms with Crippen LogP contribution in [0.1, 0.15) is 72.7 Å². The highest BCUT2D eigenvalue weighted by atomic mass is 16.5. The van der Waals surface area contributed by atoms with Gasteiger partial charge in [-0.15, -0.1) is 0 Å². The number of nitrogens with one attached hydrogen (secondary N) is 2. The lowest BCUT2D eigenvalue weighted by Crippen LogP contribution is -2.59. The minimum atomic E-state index is -1.56. The molecule has 8 bridgehead atoms. The predicted molar refractivity (Wildman–Crippen MR) is 587 cm³/mol. The lowest BCUT2D eigenvalue weighted by atomic mass is 9.46. The van der Waals surface area contributed by atoms with Gasteiger partial charge in [0.2, 0.25) is 11.8 Å². The molecular weight excluding hydrogens is 1820 g/mol. The molecule has 17 heteroatoms. The second-order valence-corrected chi connectivity index (χ2v) is 44.6. The number of carbonyl (C=O) groups is 6. The lowest BCUT2D eigenvalue weighted by molar-refractivity contribution is -0.148. The van der Waals surface area contributed by atoms with E-state index in [0.29, 0.717) is 22.6 Å². The number of ether oxygens (including phenoxy) is 4. The smallest absolute Gasteiger partial charge is 0.330 e. The number of benzene rings is 23. The van der Waals surface area contributed by atoms with Crippen molar-refractivity contribution >= 4 is 390 Å². The van der Waals surface area contributed by atoms with E-state index in [-0.39, 0.29) is 32.1 Å². The van der Waals surface area contributed by atoms with Crippen molar-refractivity contribution in [2.24, 2.45) is 11.8 Å². The average molecular weight is 1880 g/mol. The second kappa shape index (κ2) is 21.0. The summed E-state index contributed by atoms with van der Waals surface area (Å²) in [4.78, 5) is 124. The first kappa shape index (κ1) is 71.3. The topological polar surface area (TPSA) is 206 Å². The van der Waals surface area contributed by atoms with Gasteiger partial charge in [0.15, 0.2) is 0 Å². The molecule has 147 heavy (non-hydrogen) atoms. The number of imide groups is 1. The summed E-state index contributed by atoms with van der Waals surface area (Å²) >= 11 is 0. The van der Waals surface area contributed by atoms with Crippen LogP contribution in [0.15, 0.2) is 164 Å². The lowest BCUT2D eigenvalue weighted by Gasteiger charge is -2.51. The number of amides is 2. The van der Waals surface area contributed by atoms with Gasteiger partial charge in [-0.05, 0) is 448 Å². The van der Waals surface area contributed by atoms with Gasteiger partial charge in [0.05, 0.1) is 77.6 Å². The summed E-state index contributed by atoms with van der Waals surface area (Å²) in [5.41, 5.74) is 16.0. The Bertz CT molecular complexity index is 11800. The van der Waals surface area contributed by atoms with Crippen molar-refractivity contribution in [2.45, 2.75) is 62.7 Å². The highest BCUT2D eigenvalue weighted by Gasteiger charge is 2.83. The predicted octanol–water partition coefficient (Wildman–Crippen LogP) is 27.8. The molecule has 3 saturated heterocycles. The van der Waals surface area contributed by atoms with Crippen LogP contribution in [-0.2, 0) is 58.5 Å². The number of carbonyl (C=O) groups excluding carboxylic acids is 6. The van der Waals surface area contributed by atoms with E-state index < -0.39 is 82.5 Å². The first-order chi connectivity index (χ1) is 72.5. The van der Waals surface area contributed by atoms with Crippen molar-refractivity contribution in [1.29, 1.82) is 0 Å². The van der Waals surface area contributed by atoms with Crippen LogP contribution >= 0.6 is 0 Å². The maximum Gasteiger partial charge on any atom is 0.330 e. The molecule has 5 aliphatic heterocycles. The van der Waals surface area contributed by atoms with E-state index in [1.807, 2.05) is 117 Å². The van der Waals surface area contributed by atoms with Crippen LogP contribution < -0.4 is 14.7 Å². The van der Waals surface area contributed by atoms with E-state index >= 15 is 28.8 Å². The van der Waals surface area contributed by atoms with Gasteiger partial charge in [-0.2, -0.15) is 0 Å². The van der Waals surface area contributed by atoms with E-state index in [1.54, 1.807) is 30.9 Å². The van der Waals surface area contributed by atoms with Crippen molar-refractivity contribution in [3.05, 3.63) is 209 Å². The van der Waals surface area contributed by atoms with Crippen molar-refractivity contribution in [3.8, 4) is 44.5 Å². The van der Waals surface area contributed by atoms with Gasteiger partial charge >= 0.3 is 23.9 Å². The maximum atomic E-state index is 18.0. The maximum absolute atomic E-state index is 18.0. The first-order valence-electron chi connectivity index (χ1n) is 51.9. The van der Waals surface area contributed by atoms with E-state index in [0.717, 1.165) is 105 Å². The molecule has 2 amide bonds. The molecule has 0 saturated carbocycles. The van der Waals surface area contributed by atoms with Gasteiger partial charge < -0.3 is 38.7 Å². The third-order valence-corrected chi connectivity index (χ3v) is 40.4. The summed E-state index contributed by atoms with van der Waals surface area (Å²) in [6, 6.07) is 48.3. The number of nitrogens with zero attached hydrogens (tertiary/aromatic N) is 5. The third kappa shape index (κ3) is 6.03. The molecule has 4 unspecified atom stereocenters. The minimum Gasteiger partial charge on any atom is -0.464 e. The first-order valence-corrected chi connectivity index (χ1v) is 51.9. The third-order valence-electron chi connectivity index (χ3n) is 40.4. The van der Waals surface area contributed by atoms with E-state index in [1.165, 1.54) is 291 Å². The number of esters is 4. The summed E-state index contributed by atoms with van der Waals surface area (Å²) < 4.78 is 26.4. The zero-order chi connectivity index (χ0) is 94.5. The Morgan fingerprint density at radius 1 is 0.252 bits per heavy atom. The van der Waals surface area contributed by atoms with Gasteiger partial charge in [-0.3, -0.25) is 9.59 Å². The fourth-order valence-corrected chi connectivity index (χ4v) is 37.5. The molecule has 674 valence electrons. The fraction of sp³-hybridized carbons (Fsp3) is 0.123. The minimum absolute atomic E-state index is 0.0450. The van der Waals surface area contributed by atoms with Gasteiger partial charge in [-0.1, -0.05) is 103 Å². The monoisotopic (exact) mass is 1880 g/mol. The van der Waals surface area contributed by atoms with Gasteiger partial charge in [-0.25, -0.2) is 34.0 Å². The number of hydrogen-bond donors (Lipinski definition) is 2. The molecule has 2 spiro atoms. The molecule has 36 aromatic rings. The zero-order valence-corrected chi connectivity index (χ0v) is 78.0. The van der Waals surface area contributed by atoms with Crippen LogP contribution in [0.3, 0.4) is 0 Å². The van der Waals surface area contributed by atoms with Crippen molar-refractivity contribution in [3.63, 3.8) is 0 Å². The van der Waals surface area contributed by atoms with E-state index in [2.05, 4.69) is 87.7 Å². The highest BCUT2D eigenvalue weighted by Crippen LogP contribution is 2.87. The Morgan fingerprint density at radius 2 is 0.456 bits per heavy atom. The molecule has 17 nitrogen and oxygen atoms in total. The molecule has 33 aromatic carbocycles. The van der Waals surface area contributed by atoms with Crippen molar-refractivity contribution < 1.29 is 47.7 Å². The van der Waals surface area contributed by atoms with Crippen LogP contribution in [0.2, 0.25) is 0 Å². The zero-order valence-electron chi connectivity index (χ0n) is 78.0. The summed E-state index contributed by atoms with van der Waals surface area (Å²) in [6.45, 7) is 7.13. The van der Waals surface area contributed by atoms with Crippen LogP contribution in [0.5, 0.6) is 0 Å². The Morgan fingerprint density at radius 3 is 0.687 bits per heavy atom. The number of aromatic amines is 2. The molecule has 6 atom stereocenters. The number of hydrogen-bond acceptors (Lipinski definition) is 14. The van der Waals surface area contributed by atoms with E-state index in [9.17, 15) is 0 Å². The van der Waals surface area contributed by atoms with Crippen LogP contribution in [-0.4, -0.2) is 106 Å². The van der Waals surface area contributed by atoms with Gasteiger partial charge in [0.1, 0.15) is 24.2 Å². The van der Waals surface area contributed by atoms with Gasteiger partial charge in [0.25, 0.3) is 0 Å². The summed E-state index contributed by atoms with van der Waals surface area (Å²) in [5.74, 6) is -6.84. The van der Waals surface area contributed by atoms with E-state index in [4.69, 9.17) is 28.9 Å². The molecular formula is C130H59N7O10. The number of H-pyrrole nitrogens is 2. The molecule has 0 radical (unpaired) electrons. The van der Waals surface area contributed by atoms with Crippen molar-refractivity contribution in [1.82, 2.24) is 19.9 Å². The molecule has 2 N–H and O–H groups in total. The Hall–Kier alpha value is -18.2. The van der Waals surface area contributed by atoms with Crippen LogP contribution in [0.25, 0.3) is 382 Å².